The Bertz CT molecular complexity index is 964. The van der Waals surface area contributed by atoms with Crippen LogP contribution >= 0.6 is 0 Å². The molecule has 0 fully saturated rings. The predicted molar refractivity (Wildman–Crippen MR) is 83.7 cm³/mol. The number of alkyl halides is 3. The van der Waals surface area contributed by atoms with Gasteiger partial charge in [0.05, 0.1) is 22.9 Å². The van der Waals surface area contributed by atoms with Gasteiger partial charge in [0, 0.05) is 29.7 Å². The first-order valence-corrected chi connectivity index (χ1v) is 7.60. The number of nitrogens with zero attached hydrogens (tertiary/aromatic N) is 1. The summed E-state index contributed by atoms with van der Waals surface area (Å²) >= 11 is 0. The van der Waals surface area contributed by atoms with Crippen molar-refractivity contribution in [1.82, 2.24) is 9.97 Å². The van der Waals surface area contributed by atoms with Gasteiger partial charge >= 0.3 is 6.18 Å². The standard InChI is InChI=1S/C17H13F4N3O/c18-10-1-8-2-11(6-22)25-16(8)13(5-10)12-3-9(17(19,20)21)4-14-15(12)24-7-23-14/h1,3-5,7,11H,2,6,22H2,(H,23,24). The van der Waals surface area contributed by atoms with E-state index in [1.165, 1.54) is 18.5 Å². The summed E-state index contributed by atoms with van der Waals surface area (Å²) in [6.07, 6.45) is -3.14. The highest BCUT2D eigenvalue weighted by atomic mass is 19.4. The quantitative estimate of drug-likeness (QED) is 0.693. The lowest BCUT2D eigenvalue weighted by atomic mass is 9.97. The van der Waals surface area contributed by atoms with Crippen LogP contribution in [-0.2, 0) is 12.6 Å². The zero-order valence-electron chi connectivity index (χ0n) is 12.8. The van der Waals surface area contributed by atoms with Crippen molar-refractivity contribution in [2.45, 2.75) is 18.7 Å². The Kier molecular flexibility index (Phi) is 3.47. The van der Waals surface area contributed by atoms with E-state index in [0.29, 0.717) is 23.3 Å². The normalized spacial score (nSPS) is 16.9. The second-order valence-corrected chi connectivity index (χ2v) is 5.94. The van der Waals surface area contributed by atoms with E-state index < -0.39 is 17.6 Å². The average Bonchev–Trinajstić information content (AvgIpc) is 3.18. The number of benzene rings is 2. The molecule has 1 aromatic heterocycles. The minimum atomic E-state index is -4.54. The van der Waals surface area contributed by atoms with Crippen LogP contribution in [0.2, 0.25) is 0 Å². The molecule has 8 heteroatoms. The van der Waals surface area contributed by atoms with Gasteiger partial charge in [0.15, 0.2) is 0 Å². The van der Waals surface area contributed by atoms with Crippen LogP contribution in [0.5, 0.6) is 5.75 Å². The lowest BCUT2D eigenvalue weighted by molar-refractivity contribution is -0.137. The van der Waals surface area contributed by atoms with Crippen molar-refractivity contribution in [3.63, 3.8) is 0 Å². The van der Waals surface area contributed by atoms with E-state index in [-0.39, 0.29) is 29.3 Å². The fourth-order valence-corrected chi connectivity index (χ4v) is 3.14. The molecule has 0 amide bonds. The molecule has 25 heavy (non-hydrogen) atoms. The molecule has 3 aromatic rings. The number of nitrogens with one attached hydrogen (secondary N) is 1. The molecule has 0 saturated carbocycles. The zero-order chi connectivity index (χ0) is 17.8. The first-order chi connectivity index (χ1) is 11.9. The van der Waals surface area contributed by atoms with Gasteiger partial charge in [-0.2, -0.15) is 13.2 Å². The molecule has 1 atom stereocenters. The lowest BCUT2D eigenvalue weighted by Crippen LogP contribution is -2.24. The van der Waals surface area contributed by atoms with Crippen molar-refractivity contribution >= 4 is 11.0 Å². The minimum Gasteiger partial charge on any atom is -0.488 e. The van der Waals surface area contributed by atoms with Crippen molar-refractivity contribution in [2.24, 2.45) is 5.73 Å². The van der Waals surface area contributed by atoms with Gasteiger partial charge in [-0.3, -0.25) is 0 Å². The maximum atomic E-state index is 14.1. The van der Waals surface area contributed by atoms with Gasteiger partial charge in [0.25, 0.3) is 0 Å². The first kappa shape index (κ1) is 15.9. The molecule has 0 saturated heterocycles. The Morgan fingerprint density at radius 1 is 1.20 bits per heavy atom. The third-order valence-electron chi connectivity index (χ3n) is 4.27. The highest BCUT2D eigenvalue weighted by Gasteiger charge is 2.33. The fourth-order valence-electron chi connectivity index (χ4n) is 3.14. The van der Waals surface area contributed by atoms with E-state index in [0.717, 1.165) is 12.1 Å². The minimum absolute atomic E-state index is 0.166. The molecule has 3 N–H and O–H groups in total. The molecule has 2 heterocycles. The number of rotatable bonds is 2. The molecule has 130 valence electrons. The van der Waals surface area contributed by atoms with E-state index >= 15 is 0 Å². The number of aromatic nitrogens is 2. The summed E-state index contributed by atoms with van der Waals surface area (Å²) in [6, 6.07) is 4.44. The summed E-state index contributed by atoms with van der Waals surface area (Å²) in [6.45, 7) is 0.232. The summed E-state index contributed by atoms with van der Waals surface area (Å²) in [7, 11) is 0. The predicted octanol–water partition coefficient (Wildman–Crippen LogP) is 3.65. The highest BCUT2D eigenvalue weighted by Crippen LogP contribution is 2.43. The number of nitrogens with two attached hydrogens (primary N) is 1. The number of aromatic amines is 1. The van der Waals surface area contributed by atoms with Gasteiger partial charge < -0.3 is 15.5 Å². The van der Waals surface area contributed by atoms with Crippen molar-refractivity contribution in [3.05, 3.63) is 47.5 Å². The Morgan fingerprint density at radius 2 is 2.00 bits per heavy atom. The van der Waals surface area contributed by atoms with E-state index in [1.54, 1.807) is 0 Å². The van der Waals surface area contributed by atoms with Gasteiger partial charge in [0.1, 0.15) is 17.7 Å². The average molecular weight is 351 g/mol. The Balaban J connectivity index is 1.99. The van der Waals surface area contributed by atoms with Crippen LogP contribution in [0.4, 0.5) is 17.6 Å². The molecule has 4 rings (SSSR count). The van der Waals surface area contributed by atoms with Gasteiger partial charge in [-0.1, -0.05) is 0 Å². The van der Waals surface area contributed by atoms with Crippen LogP contribution in [0.25, 0.3) is 22.2 Å². The number of H-pyrrole nitrogens is 1. The molecule has 1 aliphatic heterocycles. The van der Waals surface area contributed by atoms with Crippen LogP contribution in [0.15, 0.2) is 30.6 Å². The number of fused-ring (bicyclic) bond motifs is 2. The SMILES string of the molecule is NCC1Cc2cc(F)cc(-c3cc(C(F)(F)F)cc4[nH]cnc34)c2O1. The van der Waals surface area contributed by atoms with Crippen molar-refractivity contribution < 1.29 is 22.3 Å². The Labute approximate surface area is 139 Å². The molecule has 4 nitrogen and oxygen atoms in total. The van der Waals surface area contributed by atoms with Crippen molar-refractivity contribution in [1.29, 1.82) is 0 Å². The molecule has 2 aromatic carbocycles. The van der Waals surface area contributed by atoms with Crippen LogP contribution < -0.4 is 10.5 Å². The fraction of sp³-hybridized carbons (Fsp3) is 0.235. The van der Waals surface area contributed by atoms with Gasteiger partial charge in [-0.05, 0) is 24.3 Å². The number of hydrogen-bond acceptors (Lipinski definition) is 3. The highest BCUT2D eigenvalue weighted by molar-refractivity contribution is 5.94. The molecular weight excluding hydrogens is 338 g/mol. The Hall–Kier alpha value is -2.61. The van der Waals surface area contributed by atoms with Crippen LogP contribution in [-0.4, -0.2) is 22.6 Å². The van der Waals surface area contributed by atoms with Crippen LogP contribution in [0.3, 0.4) is 0 Å². The topological polar surface area (TPSA) is 63.9 Å². The summed E-state index contributed by atoms with van der Waals surface area (Å²) in [5, 5.41) is 0. The van der Waals surface area contributed by atoms with E-state index in [4.69, 9.17) is 10.5 Å². The molecule has 0 bridgehead atoms. The molecule has 0 aliphatic carbocycles. The van der Waals surface area contributed by atoms with Crippen LogP contribution in [0.1, 0.15) is 11.1 Å². The summed E-state index contributed by atoms with van der Waals surface area (Å²) in [4.78, 5) is 6.77. The lowest BCUT2D eigenvalue weighted by Gasteiger charge is -2.14. The van der Waals surface area contributed by atoms with E-state index in [1.807, 2.05) is 0 Å². The monoisotopic (exact) mass is 351 g/mol. The second-order valence-electron chi connectivity index (χ2n) is 5.94. The maximum Gasteiger partial charge on any atom is 0.416 e. The Morgan fingerprint density at radius 3 is 2.72 bits per heavy atom. The zero-order valence-corrected chi connectivity index (χ0v) is 12.8. The summed E-state index contributed by atoms with van der Waals surface area (Å²) in [5.41, 5.74) is 6.31. The third-order valence-corrected chi connectivity index (χ3v) is 4.27. The maximum absolute atomic E-state index is 14.1. The van der Waals surface area contributed by atoms with E-state index in [2.05, 4.69) is 9.97 Å². The van der Waals surface area contributed by atoms with Gasteiger partial charge in [0.2, 0.25) is 0 Å². The van der Waals surface area contributed by atoms with Crippen molar-refractivity contribution in [2.75, 3.05) is 6.54 Å². The number of ether oxygens (including phenoxy) is 1. The van der Waals surface area contributed by atoms with Crippen LogP contribution in [0, 0.1) is 5.82 Å². The molecule has 0 radical (unpaired) electrons. The summed E-state index contributed by atoms with van der Waals surface area (Å²) in [5.74, 6) is -0.184. The van der Waals surface area contributed by atoms with E-state index in [9.17, 15) is 17.6 Å². The molecule has 1 unspecified atom stereocenters. The smallest absolute Gasteiger partial charge is 0.416 e. The molecule has 1 aliphatic rings. The largest absolute Gasteiger partial charge is 0.488 e. The summed E-state index contributed by atoms with van der Waals surface area (Å²) < 4.78 is 59.5. The molecular formula is C17H13F4N3O. The number of halogens is 4. The number of imidazole rings is 1. The van der Waals surface area contributed by atoms with Crippen molar-refractivity contribution in [3.8, 4) is 16.9 Å². The third kappa shape index (κ3) is 2.62. The second kappa shape index (κ2) is 5.45. The first-order valence-electron chi connectivity index (χ1n) is 7.60. The molecule has 0 spiro atoms. The van der Waals surface area contributed by atoms with Gasteiger partial charge in [-0.25, -0.2) is 9.37 Å². The van der Waals surface area contributed by atoms with Gasteiger partial charge in [-0.15, -0.1) is 0 Å². The number of hydrogen-bond donors (Lipinski definition) is 2.